The van der Waals surface area contributed by atoms with Crippen molar-refractivity contribution in [3.05, 3.63) is 0 Å². The Morgan fingerprint density at radius 1 is 1.29 bits per heavy atom. The molecule has 1 saturated carbocycles. The van der Waals surface area contributed by atoms with Crippen LogP contribution in [0, 0.1) is 5.92 Å². The molecule has 17 heavy (non-hydrogen) atoms. The quantitative estimate of drug-likeness (QED) is 0.779. The molecule has 1 unspecified atom stereocenters. The Morgan fingerprint density at radius 2 is 2.06 bits per heavy atom. The Kier molecular flexibility index (Phi) is 4.40. The third-order valence-electron chi connectivity index (χ3n) is 4.00. The number of hydrogen-bond acceptors (Lipinski definition) is 3. The highest BCUT2D eigenvalue weighted by Gasteiger charge is 2.29. The van der Waals surface area contributed by atoms with Gasteiger partial charge in [-0.15, -0.1) is 0 Å². The summed E-state index contributed by atoms with van der Waals surface area (Å²) in [4.78, 5) is 11.9. The highest BCUT2D eigenvalue weighted by atomic mass is 16.5. The Hall–Kier alpha value is -0.610. The van der Waals surface area contributed by atoms with E-state index in [1.54, 1.807) is 0 Å². The summed E-state index contributed by atoms with van der Waals surface area (Å²) in [6.07, 6.45) is 7.68. The van der Waals surface area contributed by atoms with E-state index >= 15 is 0 Å². The molecule has 4 nitrogen and oxygen atoms in total. The Balaban J connectivity index is 1.74. The minimum atomic E-state index is -0.163. The average molecular weight is 240 g/mol. The van der Waals surface area contributed by atoms with Crippen molar-refractivity contribution in [1.29, 1.82) is 0 Å². The van der Waals surface area contributed by atoms with Crippen LogP contribution in [0.5, 0.6) is 0 Å². The number of nitrogens with two attached hydrogens (primary N) is 1. The zero-order valence-corrected chi connectivity index (χ0v) is 10.5. The van der Waals surface area contributed by atoms with E-state index in [4.69, 9.17) is 10.5 Å². The smallest absolute Gasteiger partial charge is 0.225 e. The van der Waals surface area contributed by atoms with Gasteiger partial charge in [-0.25, -0.2) is 0 Å². The normalized spacial score (nSPS) is 28.6. The summed E-state index contributed by atoms with van der Waals surface area (Å²) in [6, 6.07) is 0. The van der Waals surface area contributed by atoms with Crippen LogP contribution in [0.4, 0.5) is 0 Å². The fourth-order valence-electron chi connectivity index (χ4n) is 2.79. The van der Waals surface area contributed by atoms with Crippen molar-refractivity contribution in [3.63, 3.8) is 0 Å². The van der Waals surface area contributed by atoms with Gasteiger partial charge in [-0.2, -0.15) is 0 Å². The third kappa shape index (κ3) is 3.68. The van der Waals surface area contributed by atoms with Crippen LogP contribution in [0.1, 0.15) is 44.9 Å². The monoisotopic (exact) mass is 240 g/mol. The molecule has 1 amide bonds. The van der Waals surface area contributed by atoms with Crippen LogP contribution in [0.15, 0.2) is 0 Å². The standard InChI is InChI=1S/C13H24N2O2/c14-13(6-2-1-3-7-13)10-15-12(16)11-5-4-8-17-9-11/h11H,1-10,14H2,(H,15,16). The zero-order valence-electron chi connectivity index (χ0n) is 10.5. The number of hydrogen-bond donors (Lipinski definition) is 2. The molecule has 4 heteroatoms. The number of nitrogens with one attached hydrogen (secondary N) is 1. The molecule has 0 aromatic heterocycles. The van der Waals surface area contributed by atoms with Gasteiger partial charge in [0.15, 0.2) is 0 Å². The van der Waals surface area contributed by atoms with Gasteiger partial charge >= 0.3 is 0 Å². The van der Waals surface area contributed by atoms with Gasteiger partial charge in [0, 0.05) is 18.7 Å². The van der Waals surface area contributed by atoms with Gasteiger partial charge in [-0.1, -0.05) is 19.3 Å². The highest BCUT2D eigenvalue weighted by molar-refractivity contribution is 5.78. The molecule has 1 heterocycles. The van der Waals surface area contributed by atoms with Crippen LogP contribution in [-0.2, 0) is 9.53 Å². The summed E-state index contributed by atoms with van der Waals surface area (Å²) >= 11 is 0. The van der Waals surface area contributed by atoms with Gasteiger partial charge in [0.05, 0.1) is 12.5 Å². The van der Waals surface area contributed by atoms with Crippen LogP contribution >= 0.6 is 0 Å². The lowest BCUT2D eigenvalue weighted by Crippen LogP contribution is -2.52. The molecule has 0 aromatic rings. The molecule has 0 bridgehead atoms. The van der Waals surface area contributed by atoms with Gasteiger partial charge in [-0.05, 0) is 25.7 Å². The summed E-state index contributed by atoms with van der Waals surface area (Å²) in [5.41, 5.74) is 6.13. The number of ether oxygens (including phenoxy) is 1. The maximum atomic E-state index is 11.9. The van der Waals surface area contributed by atoms with Gasteiger partial charge in [0.1, 0.15) is 0 Å². The summed E-state index contributed by atoms with van der Waals surface area (Å²) < 4.78 is 5.33. The first-order chi connectivity index (χ1) is 8.20. The summed E-state index contributed by atoms with van der Waals surface area (Å²) in [7, 11) is 0. The number of carbonyl (C=O) groups is 1. The van der Waals surface area contributed by atoms with Crippen molar-refractivity contribution >= 4 is 5.91 Å². The zero-order chi connectivity index (χ0) is 12.1. The van der Waals surface area contributed by atoms with E-state index in [1.165, 1.54) is 19.3 Å². The van der Waals surface area contributed by atoms with Crippen molar-refractivity contribution < 1.29 is 9.53 Å². The van der Waals surface area contributed by atoms with Gasteiger partial charge in [0.2, 0.25) is 5.91 Å². The van der Waals surface area contributed by atoms with E-state index in [2.05, 4.69) is 5.32 Å². The molecule has 3 N–H and O–H groups in total. The lowest BCUT2D eigenvalue weighted by molar-refractivity contribution is -0.129. The molecule has 1 saturated heterocycles. The second-order valence-corrected chi connectivity index (χ2v) is 5.55. The van der Waals surface area contributed by atoms with Crippen molar-refractivity contribution in [2.75, 3.05) is 19.8 Å². The number of amides is 1. The second kappa shape index (κ2) is 5.83. The van der Waals surface area contributed by atoms with Crippen molar-refractivity contribution in [2.24, 2.45) is 11.7 Å². The van der Waals surface area contributed by atoms with E-state index in [-0.39, 0.29) is 17.4 Å². The van der Waals surface area contributed by atoms with Gasteiger partial charge in [-0.3, -0.25) is 4.79 Å². The Morgan fingerprint density at radius 3 is 2.71 bits per heavy atom. The molecule has 2 aliphatic rings. The molecular weight excluding hydrogens is 216 g/mol. The first-order valence-electron chi connectivity index (χ1n) is 6.84. The Labute approximate surface area is 103 Å². The predicted molar refractivity (Wildman–Crippen MR) is 66.6 cm³/mol. The molecule has 0 spiro atoms. The van der Waals surface area contributed by atoms with Crippen molar-refractivity contribution in [3.8, 4) is 0 Å². The molecule has 1 atom stereocenters. The largest absolute Gasteiger partial charge is 0.381 e. The fourth-order valence-corrected chi connectivity index (χ4v) is 2.79. The number of carbonyl (C=O) groups excluding carboxylic acids is 1. The lowest BCUT2D eigenvalue weighted by atomic mass is 9.82. The van der Waals surface area contributed by atoms with Crippen LogP contribution in [-0.4, -0.2) is 31.2 Å². The molecule has 1 aliphatic carbocycles. The van der Waals surface area contributed by atoms with Gasteiger partial charge in [0.25, 0.3) is 0 Å². The predicted octanol–water partition coefficient (Wildman–Crippen LogP) is 1.19. The molecule has 1 aliphatic heterocycles. The third-order valence-corrected chi connectivity index (χ3v) is 4.00. The number of rotatable bonds is 3. The minimum Gasteiger partial charge on any atom is -0.381 e. The van der Waals surface area contributed by atoms with Gasteiger partial charge < -0.3 is 15.8 Å². The van der Waals surface area contributed by atoms with E-state index in [0.29, 0.717) is 13.2 Å². The average Bonchev–Trinajstić information content (AvgIpc) is 2.38. The van der Waals surface area contributed by atoms with Crippen molar-refractivity contribution in [1.82, 2.24) is 5.32 Å². The molecule has 0 radical (unpaired) electrons. The van der Waals surface area contributed by atoms with E-state index < -0.39 is 0 Å². The maximum absolute atomic E-state index is 11.9. The van der Waals surface area contributed by atoms with Crippen LogP contribution in [0.3, 0.4) is 0 Å². The topological polar surface area (TPSA) is 64.3 Å². The first kappa shape index (κ1) is 12.8. The van der Waals surface area contributed by atoms with E-state index in [0.717, 1.165) is 32.3 Å². The maximum Gasteiger partial charge on any atom is 0.225 e. The minimum absolute atomic E-state index is 0.0379. The Bertz CT molecular complexity index is 256. The molecule has 0 aromatic carbocycles. The highest BCUT2D eigenvalue weighted by Crippen LogP contribution is 2.25. The van der Waals surface area contributed by atoms with E-state index in [9.17, 15) is 4.79 Å². The second-order valence-electron chi connectivity index (χ2n) is 5.55. The van der Waals surface area contributed by atoms with Crippen LogP contribution in [0.25, 0.3) is 0 Å². The lowest BCUT2D eigenvalue weighted by Gasteiger charge is -2.34. The molecule has 98 valence electrons. The molecule has 2 rings (SSSR count). The van der Waals surface area contributed by atoms with Crippen LogP contribution in [0.2, 0.25) is 0 Å². The van der Waals surface area contributed by atoms with E-state index in [1.807, 2.05) is 0 Å². The summed E-state index contributed by atoms with van der Waals surface area (Å²) in [6.45, 7) is 2.00. The fraction of sp³-hybridized carbons (Fsp3) is 0.923. The SMILES string of the molecule is NC1(CNC(=O)C2CCCOC2)CCCCC1. The molecule has 2 fully saturated rings. The van der Waals surface area contributed by atoms with Crippen LogP contribution < -0.4 is 11.1 Å². The summed E-state index contributed by atoms with van der Waals surface area (Å²) in [5, 5.41) is 3.02. The summed E-state index contributed by atoms with van der Waals surface area (Å²) in [5.74, 6) is 0.163. The first-order valence-corrected chi connectivity index (χ1v) is 6.84. The van der Waals surface area contributed by atoms with Crippen molar-refractivity contribution in [2.45, 2.75) is 50.5 Å². The molecular formula is C13H24N2O2.